The molecule has 116 valence electrons. The number of aliphatic hydroxyl groups excluding tert-OH is 1. The van der Waals surface area contributed by atoms with Gasteiger partial charge in [-0.1, -0.05) is 6.92 Å². The minimum Gasteiger partial charge on any atom is -0.394 e. The first-order valence-corrected chi connectivity index (χ1v) is 6.82. The summed E-state index contributed by atoms with van der Waals surface area (Å²) < 4.78 is 0. The van der Waals surface area contributed by atoms with E-state index in [1.807, 2.05) is 6.92 Å². The summed E-state index contributed by atoms with van der Waals surface area (Å²) in [6.45, 7) is 4.11. The van der Waals surface area contributed by atoms with Crippen molar-refractivity contribution in [2.45, 2.75) is 26.3 Å². The number of hydrogen-bond donors (Lipinski definition) is 2. The largest absolute Gasteiger partial charge is 0.394 e. The summed E-state index contributed by atoms with van der Waals surface area (Å²) in [4.78, 5) is 24.2. The van der Waals surface area contributed by atoms with E-state index in [-0.39, 0.29) is 24.2 Å². The Bertz CT molecular complexity index is 519. The molecule has 1 aromatic rings. The first-order valence-electron chi connectivity index (χ1n) is 6.82. The van der Waals surface area contributed by atoms with E-state index in [4.69, 9.17) is 5.11 Å². The third-order valence-corrected chi connectivity index (χ3v) is 3.25. The predicted octanol–water partition coefficient (Wildman–Crippen LogP) is 1.87. The SMILES string of the molecule is CCCNc1cc(C(=O)N(C)C(C)CO)ccc1[N+](=O)[O-]. The lowest BCUT2D eigenvalue weighted by Gasteiger charge is -2.23. The fourth-order valence-electron chi connectivity index (χ4n) is 1.76. The fourth-order valence-corrected chi connectivity index (χ4v) is 1.76. The third kappa shape index (κ3) is 4.16. The number of nitrogens with one attached hydrogen (secondary N) is 1. The van der Waals surface area contributed by atoms with Gasteiger partial charge in [-0.2, -0.15) is 0 Å². The van der Waals surface area contributed by atoms with Crippen molar-refractivity contribution in [2.75, 3.05) is 25.5 Å². The molecule has 1 aromatic carbocycles. The highest BCUT2D eigenvalue weighted by atomic mass is 16.6. The minimum atomic E-state index is -0.480. The Morgan fingerprint density at radius 2 is 2.19 bits per heavy atom. The van der Waals surface area contributed by atoms with Crippen LogP contribution in [0.5, 0.6) is 0 Å². The van der Waals surface area contributed by atoms with Gasteiger partial charge in [-0.15, -0.1) is 0 Å². The zero-order valence-electron chi connectivity index (χ0n) is 12.5. The molecular weight excluding hydrogens is 274 g/mol. The molecule has 0 radical (unpaired) electrons. The summed E-state index contributed by atoms with van der Waals surface area (Å²) in [5.74, 6) is -0.286. The monoisotopic (exact) mass is 295 g/mol. The molecule has 7 nitrogen and oxygen atoms in total. The number of carbonyl (C=O) groups is 1. The number of nitrogens with zero attached hydrogens (tertiary/aromatic N) is 2. The summed E-state index contributed by atoms with van der Waals surface area (Å²) in [5, 5.41) is 23.0. The van der Waals surface area contributed by atoms with Crippen LogP contribution in [0.25, 0.3) is 0 Å². The van der Waals surface area contributed by atoms with Gasteiger partial charge in [-0.05, 0) is 25.5 Å². The quantitative estimate of drug-likeness (QED) is 0.591. The van der Waals surface area contributed by atoms with E-state index in [2.05, 4.69) is 5.32 Å². The van der Waals surface area contributed by atoms with Crippen LogP contribution in [-0.4, -0.2) is 47.1 Å². The van der Waals surface area contributed by atoms with Crippen LogP contribution in [0.4, 0.5) is 11.4 Å². The van der Waals surface area contributed by atoms with Crippen molar-refractivity contribution in [1.29, 1.82) is 0 Å². The number of likely N-dealkylation sites (N-methyl/N-ethyl adjacent to an activating group) is 1. The Hall–Kier alpha value is -2.15. The predicted molar refractivity (Wildman–Crippen MR) is 80.5 cm³/mol. The molecule has 1 atom stereocenters. The van der Waals surface area contributed by atoms with Crippen LogP contribution in [-0.2, 0) is 0 Å². The van der Waals surface area contributed by atoms with Crippen molar-refractivity contribution in [3.05, 3.63) is 33.9 Å². The molecule has 0 bridgehead atoms. The molecule has 0 saturated carbocycles. The Kier molecular flexibility index (Phi) is 6.10. The van der Waals surface area contributed by atoms with Crippen molar-refractivity contribution in [1.82, 2.24) is 4.90 Å². The summed E-state index contributed by atoms with van der Waals surface area (Å²) in [7, 11) is 1.59. The number of rotatable bonds is 7. The number of nitro groups is 1. The van der Waals surface area contributed by atoms with Gasteiger partial charge < -0.3 is 15.3 Å². The smallest absolute Gasteiger partial charge is 0.292 e. The van der Waals surface area contributed by atoms with Gasteiger partial charge in [0, 0.05) is 25.2 Å². The second-order valence-electron chi connectivity index (χ2n) is 4.86. The standard InChI is InChI=1S/C14H21N3O4/c1-4-7-15-12-8-11(5-6-13(12)17(20)21)14(19)16(3)10(2)9-18/h5-6,8,10,15,18H,4,7,9H2,1-3H3. The molecule has 1 rings (SSSR count). The highest BCUT2D eigenvalue weighted by Gasteiger charge is 2.20. The number of benzene rings is 1. The third-order valence-electron chi connectivity index (χ3n) is 3.25. The van der Waals surface area contributed by atoms with E-state index in [1.54, 1.807) is 14.0 Å². The average molecular weight is 295 g/mol. The molecule has 21 heavy (non-hydrogen) atoms. The van der Waals surface area contributed by atoms with Gasteiger partial charge in [0.05, 0.1) is 17.6 Å². The minimum absolute atomic E-state index is 0.0575. The molecule has 0 fully saturated rings. The lowest BCUT2D eigenvalue weighted by Crippen LogP contribution is -2.37. The van der Waals surface area contributed by atoms with Gasteiger partial charge in [0.25, 0.3) is 11.6 Å². The molecule has 0 aliphatic rings. The van der Waals surface area contributed by atoms with E-state index in [0.29, 0.717) is 17.8 Å². The van der Waals surface area contributed by atoms with Crippen LogP contribution < -0.4 is 5.32 Å². The number of carbonyl (C=O) groups excluding carboxylic acids is 1. The van der Waals surface area contributed by atoms with Crippen LogP contribution >= 0.6 is 0 Å². The Morgan fingerprint density at radius 3 is 2.71 bits per heavy atom. The van der Waals surface area contributed by atoms with Crippen LogP contribution in [0.2, 0.25) is 0 Å². The van der Waals surface area contributed by atoms with Crippen LogP contribution in [0.3, 0.4) is 0 Å². The molecule has 1 amide bonds. The van der Waals surface area contributed by atoms with Crippen molar-refractivity contribution >= 4 is 17.3 Å². The molecule has 0 heterocycles. The molecular formula is C14H21N3O4. The fraction of sp³-hybridized carbons (Fsp3) is 0.500. The van der Waals surface area contributed by atoms with Crippen molar-refractivity contribution in [2.24, 2.45) is 0 Å². The highest BCUT2D eigenvalue weighted by molar-refractivity contribution is 5.96. The molecule has 0 spiro atoms. The highest BCUT2D eigenvalue weighted by Crippen LogP contribution is 2.26. The van der Waals surface area contributed by atoms with Crippen molar-refractivity contribution in [3.8, 4) is 0 Å². The maximum absolute atomic E-state index is 12.3. The number of anilines is 1. The number of aliphatic hydroxyl groups is 1. The van der Waals surface area contributed by atoms with Gasteiger partial charge in [-0.25, -0.2) is 0 Å². The number of nitro benzene ring substituents is 1. The molecule has 0 aromatic heterocycles. The zero-order chi connectivity index (χ0) is 16.0. The lowest BCUT2D eigenvalue weighted by atomic mass is 10.1. The Balaban J connectivity index is 3.09. The first kappa shape index (κ1) is 16.9. The van der Waals surface area contributed by atoms with Gasteiger partial charge in [0.15, 0.2) is 0 Å². The van der Waals surface area contributed by atoms with Crippen molar-refractivity contribution in [3.63, 3.8) is 0 Å². The Labute approximate surface area is 123 Å². The summed E-state index contributed by atoms with van der Waals surface area (Å²) in [6, 6.07) is 3.91. The van der Waals surface area contributed by atoms with Gasteiger partial charge in [-0.3, -0.25) is 14.9 Å². The second-order valence-corrected chi connectivity index (χ2v) is 4.86. The molecule has 0 saturated heterocycles. The summed E-state index contributed by atoms with van der Waals surface area (Å²) in [5.41, 5.74) is 0.623. The van der Waals surface area contributed by atoms with Crippen LogP contribution in [0.1, 0.15) is 30.6 Å². The molecule has 1 unspecified atom stereocenters. The number of hydrogen-bond acceptors (Lipinski definition) is 5. The van der Waals surface area contributed by atoms with Crippen molar-refractivity contribution < 1.29 is 14.8 Å². The van der Waals surface area contributed by atoms with Crippen LogP contribution in [0.15, 0.2) is 18.2 Å². The normalized spacial score (nSPS) is 11.8. The van der Waals surface area contributed by atoms with E-state index >= 15 is 0 Å². The first-order chi connectivity index (χ1) is 9.92. The average Bonchev–Trinajstić information content (AvgIpc) is 2.50. The number of amides is 1. The summed E-state index contributed by atoms with van der Waals surface area (Å²) >= 11 is 0. The maximum atomic E-state index is 12.3. The Morgan fingerprint density at radius 1 is 1.52 bits per heavy atom. The van der Waals surface area contributed by atoms with E-state index in [1.165, 1.54) is 23.1 Å². The molecule has 0 aliphatic carbocycles. The van der Waals surface area contributed by atoms with Gasteiger partial charge in [0.2, 0.25) is 0 Å². The maximum Gasteiger partial charge on any atom is 0.292 e. The lowest BCUT2D eigenvalue weighted by molar-refractivity contribution is -0.384. The second kappa shape index (κ2) is 7.58. The zero-order valence-corrected chi connectivity index (χ0v) is 12.5. The topological polar surface area (TPSA) is 95.7 Å². The molecule has 7 heteroatoms. The van der Waals surface area contributed by atoms with Gasteiger partial charge >= 0.3 is 0 Å². The molecule has 2 N–H and O–H groups in total. The van der Waals surface area contributed by atoms with E-state index in [9.17, 15) is 14.9 Å². The van der Waals surface area contributed by atoms with E-state index in [0.717, 1.165) is 6.42 Å². The van der Waals surface area contributed by atoms with E-state index < -0.39 is 4.92 Å². The van der Waals surface area contributed by atoms with Crippen LogP contribution in [0, 0.1) is 10.1 Å². The summed E-state index contributed by atoms with van der Waals surface area (Å²) in [6.07, 6.45) is 0.816. The van der Waals surface area contributed by atoms with Gasteiger partial charge in [0.1, 0.15) is 5.69 Å². The molecule has 0 aliphatic heterocycles.